The van der Waals surface area contributed by atoms with E-state index in [-0.39, 0.29) is 23.1 Å². The molecular formula is C25H26Cl2N3O7S5+. The highest BCUT2D eigenvalue weighted by Gasteiger charge is 2.54. The van der Waals surface area contributed by atoms with Crippen molar-refractivity contribution < 1.29 is 37.0 Å². The number of nitrogens with one attached hydrogen (secondary N) is 1. The molecule has 1 aromatic heterocycles. The summed E-state index contributed by atoms with van der Waals surface area (Å²) >= 11 is 17.6. The number of pyridine rings is 1. The maximum absolute atomic E-state index is 13.0. The number of amides is 2. The van der Waals surface area contributed by atoms with Crippen LogP contribution >= 0.6 is 70.2 Å². The molecule has 2 amide bonds. The minimum Gasteiger partial charge on any atom is -0.477 e. The number of aliphatic carboxylic acids is 1. The van der Waals surface area contributed by atoms with Crippen molar-refractivity contribution in [2.24, 2.45) is 0 Å². The number of hydrogen-bond donors (Lipinski definition) is 3. The number of hydrogen-bond acceptors (Lipinski definition) is 9. The van der Waals surface area contributed by atoms with Crippen LogP contribution in [0.2, 0.25) is 10.0 Å². The number of carbonyl (C=O) groups is 3. The van der Waals surface area contributed by atoms with Crippen molar-refractivity contribution in [3.63, 3.8) is 0 Å². The lowest BCUT2D eigenvalue weighted by atomic mass is 10.0. The van der Waals surface area contributed by atoms with E-state index in [0.29, 0.717) is 50.1 Å². The molecule has 0 saturated carbocycles. The Labute approximate surface area is 270 Å². The van der Waals surface area contributed by atoms with Gasteiger partial charge in [-0.2, -0.15) is 20.2 Å². The molecular weight excluding hydrogens is 686 g/mol. The van der Waals surface area contributed by atoms with E-state index in [1.807, 2.05) is 29.1 Å². The van der Waals surface area contributed by atoms with E-state index in [0.717, 1.165) is 4.90 Å². The lowest BCUT2D eigenvalue weighted by Gasteiger charge is -2.49. The van der Waals surface area contributed by atoms with Crippen LogP contribution in [0.5, 0.6) is 0 Å². The highest BCUT2D eigenvalue weighted by atomic mass is 35.5. The number of thioether (sulfide) groups is 4. The standard InChI is InChI=1S/C25H25Cl2N3O7S5/c26-16-1-2-18(27)19(11-16)40-14-20(31)28-21-23(32)30-22(25(33)34)15(13-41-24(21)30)12-39-17-3-5-29(6-4-17)7-8-38-9-10-42(35,36)37/h1-6,11,21,24H,7-10,12-14H2,(H2-,28,31,33,34,35,36,37)/p+1/t21-,24-/m1/s1. The van der Waals surface area contributed by atoms with Gasteiger partial charge in [-0.1, -0.05) is 23.2 Å². The molecule has 1 fully saturated rings. The summed E-state index contributed by atoms with van der Waals surface area (Å²) in [6.45, 7) is 0.662. The Morgan fingerprint density at radius 3 is 2.57 bits per heavy atom. The predicted molar refractivity (Wildman–Crippen MR) is 168 cm³/mol. The average molecular weight is 712 g/mol. The molecule has 3 N–H and O–H groups in total. The molecule has 17 heteroatoms. The summed E-state index contributed by atoms with van der Waals surface area (Å²) in [5.41, 5.74) is 0.597. The first-order chi connectivity index (χ1) is 19.9. The van der Waals surface area contributed by atoms with Gasteiger partial charge in [0.15, 0.2) is 18.9 Å². The van der Waals surface area contributed by atoms with Gasteiger partial charge in [-0.3, -0.25) is 19.0 Å². The van der Waals surface area contributed by atoms with Crippen molar-refractivity contribution in [1.82, 2.24) is 10.2 Å². The Kier molecular flexibility index (Phi) is 11.8. The van der Waals surface area contributed by atoms with Gasteiger partial charge in [0.2, 0.25) is 5.91 Å². The van der Waals surface area contributed by atoms with Crippen molar-refractivity contribution in [3.05, 3.63) is 64.0 Å². The van der Waals surface area contributed by atoms with Crippen LogP contribution in [0.1, 0.15) is 0 Å². The van der Waals surface area contributed by atoms with Crippen LogP contribution in [-0.2, 0) is 31.0 Å². The van der Waals surface area contributed by atoms with Crippen LogP contribution in [0.25, 0.3) is 0 Å². The molecule has 42 heavy (non-hydrogen) atoms. The summed E-state index contributed by atoms with van der Waals surface area (Å²) in [4.78, 5) is 40.5. The fraction of sp³-hybridized carbons (Fsp3) is 0.360. The van der Waals surface area contributed by atoms with Gasteiger partial charge in [0.05, 0.1) is 22.3 Å². The molecule has 0 spiro atoms. The number of fused-ring (bicyclic) bond motifs is 1. The summed E-state index contributed by atoms with van der Waals surface area (Å²) in [5.74, 6) is -0.463. The molecule has 0 bridgehead atoms. The smallest absolute Gasteiger partial charge is 0.352 e. The van der Waals surface area contributed by atoms with E-state index >= 15 is 0 Å². The fourth-order valence-electron chi connectivity index (χ4n) is 4.04. The molecule has 1 saturated heterocycles. The lowest BCUT2D eigenvalue weighted by Crippen LogP contribution is -2.70. The van der Waals surface area contributed by atoms with E-state index in [1.54, 1.807) is 18.2 Å². The third-order valence-electron chi connectivity index (χ3n) is 6.07. The second kappa shape index (κ2) is 14.9. The third kappa shape index (κ3) is 8.97. The number of β-lactam (4-membered cyclic amide) rings is 1. The van der Waals surface area contributed by atoms with Crippen LogP contribution in [0.15, 0.2) is 63.8 Å². The van der Waals surface area contributed by atoms with Gasteiger partial charge in [0.1, 0.15) is 17.1 Å². The highest BCUT2D eigenvalue weighted by Crippen LogP contribution is 2.41. The van der Waals surface area contributed by atoms with Gasteiger partial charge in [-0.05, 0) is 23.8 Å². The van der Waals surface area contributed by atoms with Gasteiger partial charge in [-0.25, -0.2) is 9.36 Å². The van der Waals surface area contributed by atoms with Gasteiger partial charge in [-0.15, -0.1) is 35.3 Å². The van der Waals surface area contributed by atoms with Crippen molar-refractivity contribution >= 4 is 98.2 Å². The number of aryl methyl sites for hydroxylation is 1. The third-order valence-corrected chi connectivity index (χ3v) is 12.2. The summed E-state index contributed by atoms with van der Waals surface area (Å²) < 4.78 is 32.3. The van der Waals surface area contributed by atoms with Crippen molar-refractivity contribution in [1.29, 1.82) is 0 Å². The van der Waals surface area contributed by atoms with Crippen LogP contribution in [0.3, 0.4) is 0 Å². The Bertz CT molecular complexity index is 1490. The quantitative estimate of drug-likeness (QED) is 0.0871. The first-order valence-electron chi connectivity index (χ1n) is 12.3. The Hall–Kier alpha value is -1.59. The molecule has 10 nitrogen and oxygen atoms in total. The topological polar surface area (TPSA) is 145 Å². The zero-order valence-electron chi connectivity index (χ0n) is 21.8. The summed E-state index contributed by atoms with van der Waals surface area (Å²) in [6, 6.07) is 7.95. The minimum absolute atomic E-state index is 0.0225. The number of carboxylic acid groups (broad SMARTS) is 1. The van der Waals surface area contributed by atoms with Crippen LogP contribution in [0.4, 0.5) is 0 Å². The van der Waals surface area contributed by atoms with Gasteiger partial charge in [0, 0.05) is 44.2 Å². The molecule has 0 unspecified atom stereocenters. The molecule has 2 aliphatic heterocycles. The molecule has 0 radical (unpaired) electrons. The molecule has 0 aliphatic carbocycles. The molecule has 2 aromatic rings. The molecule has 1 aromatic carbocycles. The number of benzene rings is 1. The fourth-order valence-corrected chi connectivity index (χ4v) is 9.57. The van der Waals surface area contributed by atoms with Crippen LogP contribution in [0, 0.1) is 0 Å². The first kappa shape index (κ1) is 33.3. The number of carboxylic acids is 1. The maximum Gasteiger partial charge on any atom is 0.352 e. The zero-order chi connectivity index (χ0) is 30.4. The zero-order valence-corrected chi connectivity index (χ0v) is 27.4. The number of rotatable bonds is 14. The van der Waals surface area contributed by atoms with Crippen LogP contribution in [-0.4, -0.2) is 86.7 Å². The van der Waals surface area contributed by atoms with Gasteiger partial charge < -0.3 is 10.4 Å². The summed E-state index contributed by atoms with van der Waals surface area (Å²) in [6.07, 6.45) is 3.77. The average Bonchev–Trinajstić information content (AvgIpc) is 2.94. The second-order valence-corrected chi connectivity index (χ2v) is 15.8. The Morgan fingerprint density at radius 1 is 1.14 bits per heavy atom. The summed E-state index contributed by atoms with van der Waals surface area (Å²) in [7, 11) is -3.95. The SMILES string of the molecule is O=C(CSc1cc(Cl)ccc1Cl)N[C@@H]1C(=O)N2C(C(=O)O)=C(CSc3cc[n+](CCSCCS(=O)(=O)O)cc3)CS[C@H]12. The van der Waals surface area contributed by atoms with E-state index < -0.39 is 33.4 Å². The van der Waals surface area contributed by atoms with E-state index in [1.165, 1.54) is 51.9 Å². The van der Waals surface area contributed by atoms with Gasteiger partial charge in [0.25, 0.3) is 16.0 Å². The number of carbonyl (C=O) groups excluding carboxylic acids is 2. The highest BCUT2D eigenvalue weighted by molar-refractivity contribution is 8.01. The number of aromatic nitrogens is 1. The maximum atomic E-state index is 13.0. The second-order valence-electron chi connectivity index (χ2n) is 9.03. The first-order valence-corrected chi connectivity index (χ1v) is 18.9. The lowest BCUT2D eigenvalue weighted by molar-refractivity contribution is -0.692. The normalized spacial score (nSPS) is 18.5. The predicted octanol–water partition coefficient (Wildman–Crippen LogP) is 3.52. The van der Waals surface area contributed by atoms with Gasteiger partial charge >= 0.3 is 5.97 Å². The monoisotopic (exact) mass is 710 g/mol. The van der Waals surface area contributed by atoms with E-state index in [2.05, 4.69) is 5.32 Å². The number of nitrogens with zero attached hydrogens (tertiary/aromatic N) is 2. The molecule has 4 rings (SSSR count). The molecule has 2 atom stereocenters. The minimum atomic E-state index is -3.95. The summed E-state index contributed by atoms with van der Waals surface area (Å²) in [5, 5.41) is 13.1. The van der Waals surface area contributed by atoms with E-state index in [4.69, 9.17) is 27.8 Å². The molecule has 3 heterocycles. The van der Waals surface area contributed by atoms with Crippen LogP contribution < -0.4 is 9.88 Å². The molecule has 226 valence electrons. The van der Waals surface area contributed by atoms with E-state index in [9.17, 15) is 27.9 Å². The van der Waals surface area contributed by atoms with Crippen molar-refractivity contribution in [2.45, 2.75) is 27.8 Å². The van der Waals surface area contributed by atoms with Crippen molar-refractivity contribution in [2.75, 3.05) is 34.5 Å². The van der Waals surface area contributed by atoms with Crippen molar-refractivity contribution in [3.8, 4) is 0 Å². The number of halogens is 2. The Morgan fingerprint density at radius 2 is 1.88 bits per heavy atom. The molecule has 2 aliphatic rings. The Balaban J connectivity index is 1.28. The largest absolute Gasteiger partial charge is 0.477 e.